The fraction of sp³-hybridized carbons (Fsp3) is 0. The first kappa shape index (κ1) is 13.2. The van der Waals surface area contributed by atoms with E-state index in [0.29, 0.717) is 11.3 Å². The molecule has 0 unspecified atom stereocenters. The number of H-pyrrole nitrogens is 2. The molecule has 0 saturated heterocycles. The maximum atomic E-state index is 11.5. The van der Waals surface area contributed by atoms with Crippen LogP contribution < -0.4 is 5.56 Å². The molecule has 0 bridgehead atoms. The summed E-state index contributed by atoms with van der Waals surface area (Å²) in [6.45, 7) is 0. The normalized spacial score (nSPS) is 11.0. The molecule has 2 aromatic carbocycles. The first-order valence-electron chi connectivity index (χ1n) is 6.91. The highest BCUT2D eigenvalue weighted by atomic mass is 16.3. The van der Waals surface area contributed by atoms with Crippen LogP contribution in [0.5, 0.6) is 5.75 Å². The molecule has 7 heteroatoms. The van der Waals surface area contributed by atoms with Gasteiger partial charge in [-0.2, -0.15) is 5.21 Å². The van der Waals surface area contributed by atoms with Crippen LogP contribution in [0, 0.1) is 0 Å². The second-order valence-electron chi connectivity index (χ2n) is 5.07. The molecule has 0 fully saturated rings. The summed E-state index contributed by atoms with van der Waals surface area (Å²) >= 11 is 0. The molecule has 0 atom stereocenters. The number of rotatable bonds is 2. The zero-order valence-electron chi connectivity index (χ0n) is 11.8. The Kier molecular flexibility index (Phi) is 2.90. The van der Waals surface area contributed by atoms with Gasteiger partial charge in [0.15, 0.2) is 5.75 Å². The summed E-state index contributed by atoms with van der Waals surface area (Å²) in [4.78, 5) is 14.1. The molecule has 23 heavy (non-hydrogen) atoms. The average Bonchev–Trinajstić information content (AvgIpc) is 3.10. The Morgan fingerprint density at radius 1 is 1.00 bits per heavy atom. The van der Waals surface area contributed by atoms with Crippen LogP contribution in [-0.2, 0) is 0 Å². The van der Waals surface area contributed by atoms with Crippen molar-refractivity contribution in [3.05, 3.63) is 58.9 Å². The van der Waals surface area contributed by atoms with Gasteiger partial charge in [0, 0.05) is 16.5 Å². The molecule has 2 heterocycles. The van der Waals surface area contributed by atoms with Crippen LogP contribution in [0.4, 0.5) is 0 Å². The second kappa shape index (κ2) is 5.06. The zero-order chi connectivity index (χ0) is 15.8. The van der Waals surface area contributed by atoms with Crippen molar-refractivity contribution in [1.29, 1.82) is 0 Å². The van der Waals surface area contributed by atoms with E-state index in [0.717, 1.165) is 22.1 Å². The number of aromatic amines is 2. The fourth-order valence-corrected chi connectivity index (χ4v) is 2.57. The molecule has 2 aromatic heterocycles. The predicted octanol–water partition coefficient (Wildman–Crippen LogP) is 2.08. The number of nitrogens with zero attached hydrogens (tertiary/aromatic N) is 3. The predicted molar refractivity (Wildman–Crippen MR) is 84.8 cm³/mol. The van der Waals surface area contributed by atoms with Crippen molar-refractivity contribution in [3.63, 3.8) is 0 Å². The van der Waals surface area contributed by atoms with Gasteiger partial charge in [-0.05, 0) is 34.5 Å². The lowest BCUT2D eigenvalue weighted by Crippen LogP contribution is -2.04. The number of benzene rings is 2. The van der Waals surface area contributed by atoms with Crippen LogP contribution in [0.1, 0.15) is 0 Å². The van der Waals surface area contributed by atoms with Gasteiger partial charge in [-0.3, -0.25) is 4.79 Å². The first-order chi connectivity index (χ1) is 11.2. The lowest BCUT2D eigenvalue weighted by molar-refractivity contribution is 0.468. The van der Waals surface area contributed by atoms with Gasteiger partial charge < -0.3 is 10.1 Å². The Hall–Kier alpha value is -3.48. The van der Waals surface area contributed by atoms with Crippen molar-refractivity contribution in [2.45, 2.75) is 0 Å². The van der Waals surface area contributed by atoms with Gasteiger partial charge in [0.2, 0.25) is 5.82 Å². The summed E-state index contributed by atoms with van der Waals surface area (Å²) < 4.78 is 0. The highest BCUT2D eigenvalue weighted by molar-refractivity contribution is 5.89. The molecule has 112 valence electrons. The molecular formula is C16H11N5O2. The Labute approximate surface area is 129 Å². The van der Waals surface area contributed by atoms with Crippen molar-refractivity contribution in [2.75, 3.05) is 0 Å². The van der Waals surface area contributed by atoms with E-state index in [-0.39, 0.29) is 5.75 Å². The van der Waals surface area contributed by atoms with Gasteiger partial charge in [-0.25, -0.2) is 0 Å². The molecule has 0 spiro atoms. The summed E-state index contributed by atoms with van der Waals surface area (Å²) in [7, 11) is 0. The third kappa shape index (κ3) is 2.24. The molecule has 0 saturated carbocycles. The fourth-order valence-electron chi connectivity index (χ4n) is 2.57. The van der Waals surface area contributed by atoms with Crippen LogP contribution in [0.2, 0.25) is 0 Å². The average molecular weight is 305 g/mol. The lowest BCUT2D eigenvalue weighted by Gasteiger charge is -2.08. The topological polar surface area (TPSA) is 108 Å². The van der Waals surface area contributed by atoms with Crippen LogP contribution in [-0.4, -0.2) is 30.7 Å². The van der Waals surface area contributed by atoms with E-state index in [1.54, 1.807) is 6.07 Å². The molecule has 0 radical (unpaired) electrons. The van der Waals surface area contributed by atoms with E-state index < -0.39 is 5.56 Å². The van der Waals surface area contributed by atoms with Crippen molar-refractivity contribution in [1.82, 2.24) is 25.6 Å². The molecular weight excluding hydrogens is 294 g/mol. The van der Waals surface area contributed by atoms with Crippen molar-refractivity contribution in [3.8, 4) is 28.3 Å². The van der Waals surface area contributed by atoms with Gasteiger partial charge in [0.05, 0.1) is 0 Å². The van der Waals surface area contributed by atoms with E-state index >= 15 is 0 Å². The number of fused-ring (bicyclic) bond motifs is 1. The van der Waals surface area contributed by atoms with E-state index in [9.17, 15) is 9.90 Å². The minimum Gasteiger partial charge on any atom is -0.503 e. The molecule has 0 aliphatic carbocycles. The molecule has 4 aromatic rings. The third-order valence-electron chi connectivity index (χ3n) is 3.65. The lowest BCUT2D eigenvalue weighted by atomic mass is 9.98. The molecule has 0 amide bonds. The second-order valence-corrected chi connectivity index (χ2v) is 5.07. The first-order valence-corrected chi connectivity index (χ1v) is 6.91. The maximum Gasteiger partial charge on any atom is 0.290 e. The molecule has 7 nitrogen and oxygen atoms in total. The monoisotopic (exact) mass is 305 g/mol. The van der Waals surface area contributed by atoms with Gasteiger partial charge >= 0.3 is 0 Å². The maximum absolute atomic E-state index is 11.5. The van der Waals surface area contributed by atoms with E-state index in [4.69, 9.17) is 0 Å². The van der Waals surface area contributed by atoms with E-state index in [1.165, 1.54) is 6.07 Å². The van der Waals surface area contributed by atoms with Crippen molar-refractivity contribution >= 4 is 10.9 Å². The Balaban J connectivity index is 1.93. The van der Waals surface area contributed by atoms with Crippen LogP contribution in [0.25, 0.3) is 33.4 Å². The zero-order valence-corrected chi connectivity index (χ0v) is 11.8. The van der Waals surface area contributed by atoms with Crippen LogP contribution in [0.15, 0.2) is 53.3 Å². The van der Waals surface area contributed by atoms with Crippen LogP contribution >= 0.6 is 0 Å². The van der Waals surface area contributed by atoms with E-state index in [2.05, 4.69) is 25.6 Å². The number of pyridine rings is 1. The minimum absolute atomic E-state index is 0.305. The SMILES string of the molecule is O=c1[nH]c2ccc(-c3ccccc3-c3nn[nH]n3)cc2cc1O. The summed E-state index contributed by atoms with van der Waals surface area (Å²) in [6.07, 6.45) is 0. The van der Waals surface area contributed by atoms with Crippen LogP contribution in [0.3, 0.4) is 0 Å². The number of aromatic hydroxyl groups is 1. The smallest absolute Gasteiger partial charge is 0.290 e. The minimum atomic E-state index is -0.502. The number of nitrogens with one attached hydrogen (secondary N) is 2. The Morgan fingerprint density at radius 3 is 2.61 bits per heavy atom. The van der Waals surface area contributed by atoms with Gasteiger partial charge in [0.25, 0.3) is 5.56 Å². The summed E-state index contributed by atoms with van der Waals surface area (Å²) in [5, 5.41) is 24.4. The number of tetrazole rings is 1. The Morgan fingerprint density at radius 2 is 1.83 bits per heavy atom. The van der Waals surface area contributed by atoms with E-state index in [1.807, 2.05) is 36.4 Å². The largest absolute Gasteiger partial charge is 0.503 e. The highest BCUT2D eigenvalue weighted by Crippen LogP contribution is 2.31. The summed E-state index contributed by atoms with van der Waals surface area (Å²) in [5.74, 6) is 0.200. The number of aromatic nitrogens is 5. The standard InChI is InChI=1S/C16H11N5O2/c22-14-8-10-7-9(5-6-13(10)17-16(14)23)11-3-1-2-4-12(11)15-18-20-21-19-15/h1-8,22H,(H,17,23)(H,18,19,20,21). The van der Waals surface area contributed by atoms with Crippen molar-refractivity contribution < 1.29 is 5.11 Å². The summed E-state index contributed by atoms with van der Waals surface area (Å²) in [5.41, 5.74) is 2.85. The third-order valence-corrected chi connectivity index (χ3v) is 3.65. The van der Waals surface area contributed by atoms with Gasteiger partial charge in [0.1, 0.15) is 0 Å². The highest BCUT2D eigenvalue weighted by Gasteiger charge is 2.11. The molecule has 0 aliphatic rings. The van der Waals surface area contributed by atoms with Crippen molar-refractivity contribution in [2.24, 2.45) is 0 Å². The molecule has 0 aliphatic heterocycles. The number of hydrogen-bond donors (Lipinski definition) is 3. The Bertz CT molecular complexity index is 1050. The molecule has 3 N–H and O–H groups in total. The quantitative estimate of drug-likeness (QED) is 0.525. The summed E-state index contributed by atoms with van der Waals surface area (Å²) in [6, 6.07) is 14.7. The number of hydrogen-bond acceptors (Lipinski definition) is 5. The molecule has 4 rings (SSSR count). The van der Waals surface area contributed by atoms with Gasteiger partial charge in [-0.1, -0.05) is 30.3 Å². The van der Waals surface area contributed by atoms with Gasteiger partial charge in [-0.15, -0.1) is 10.2 Å².